The van der Waals surface area contributed by atoms with E-state index >= 15 is 0 Å². The molecule has 3 rings (SSSR count). The summed E-state index contributed by atoms with van der Waals surface area (Å²) in [5.41, 5.74) is 2.76. The second kappa shape index (κ2) is 6.47. The van der Waals surface area contributed by atoms with E-state index in [2.05, 4.69) is 43.4 Å². The fraction of sp³-hybridized carbons (Fsp3) is 0.667. The molecule has 1 aromatic carbocycles. The van der Waals surface area contributed by atoms with Crippen molar-refractivity contribution >= 4 is 0 Å². The third kappa shape index (κ3) is 3.65. The Balaban J connectivity index is 1.60. The van der Waals surface area contributed by atoms with Crippen LogP contribution in [0, 0.1) is 6.92 Å². The Labute approximate surface area is 128 Å². The highest BCUT2D eigenvalue weighted by Gasteiger charge is 2.39. The molecule has 0 amide bonds. The summed E-state index contributed by atoms with van der Waals surface area (Å²) in [4.78, 5) is 0. The second-order valence-electron chi connectivity index (χ2n) is 6.63. The molecule has 0 bridgehead atoms. The Bertz CT molecular complexity index is 445. The monoisotopic (exact) mass is 289 g/mol. The van der Waals surface area contributed by atoms with Crippen molar-refractivity contribution in [1.29, 1.82) is 0 Å². The van der Waals surface area contributed by atoms with Crippen molar-refractivity contribution < 1.29 is 9.47 Å². The Morgan fingerprint density at radius 1 is 1.14 bits per heavy atom. The fourth-order valence-electron chi connectivity index (χ4n) is 3.57. The predicted molar refractivity (Wildman–Crippen MR) is 84.5 cm³/mol. The molecule has 2 fully saturated rings. The number of nitrogens with one attached hydrogen (secondary N) is 1. The van der Waals surface area contributed by atoms with E-state index in [0.29, 0.717) is 12.1 Å². The van der Waals surface area contributed by atoms with E-state index in [1.807, 2.05) is 0 Å². The zero-order valence-electron chi connectivity index (χ0n) is 13.2. The quantitative estimate of drug-likeness (QED) is 0.925. The van der Waals surface area contributed by atoms with Gasteiger partial charge < -0.3 is 14.8 Å². The maximum atomic E-state index is 6.12. The van der Waals surface area contributed by atoms with Crippen molar-refractivity contribution in [2.45, 2.75) is 57.2 Å². The molecule has 3 nitrogen and oxygen atoms in total. The van der Waals surface area contributed by atoms with Crippen molar-refractivity contribution in [3.05, 3.63) is 35.4 Å². The van der Waals surface area contributed by atoms with Gasteiger partial charge in [-0.05, 0) is 45.1 Å². The summed E-state index contributed by atoms with van der Waals surface area (Å²) in [6.07, 6.45) is 4.32. The average Bonchev–Trinajstić information content (AvgIpc) is 2.49. The highest BCUT2D eigenvalue weighted by Crippen LogP contribution is 2.35. The van der Waals surface area contributed by atoms with Crippen molar-refractivity contribution in [2.24, 2.45) is 0 Å². The van der Waals surface area contributed by atoms with Gasteiger partial charge in [-0.15, -0.1) is 0 Å². The van der Waals surface area contributed by atoms with Crippen LogP contribution in [0.2, 0.25) is 0 Å². The smallest absolute Gasteiger partial charge is 0.0741 e. The lowest BCUT2D eigenvalue weighted by Crippen LogP contribution is -2.50. The molecule has 0 radical (unpaired) electrons. The Morgan fingerprint density at radius 3 is 2.57 bits per heavy atom. The van der Waals surface area contributed by atoms with Crippen LogP contribution >= 0.6 is 0 Å². The number of benzene rings is 1. The molecule has 0 saturated carbocycles. The van der Waals surface area contributed by atoms with Gasteiger partial charge in [0, 0.05) is 31.9 Å². The second-order valence-corrected chi connectivity index (χ2v) is 6.63. The maximum absolute atomic E-state index is 6.12. The standard InChI is InChI=1S/C18H27NO2/c1-14-3-5-16(6-4-14)15(2)19-17-7-10-21-18(13-17)8-11-20-12-9-18/h3-6,15,17,19H,7-13H2,1-2H3/t15-,17?/m1/s1. The zero-order chi connectivity index (χ0) is 14.7. The van der Waals surface area contributed by atoms with Crippen LogP contribution in [0.25, 0.3) is 0 Å². The van der Waals surface area contributed by atoms with Crippen LogP contribution in [0.4, 0.5) is 0 Å². The molecule has 1 aromatic rings. The van der Waals surface area contributed by atoms with Crippen LogP contribution in [0.15, 0.2) is 24.3 Å². The van der Waals surface area contributed by atoms with Crippen molar-refractivity contribution in [1.82, 2.24) is 5.32 Å². The molecule has 2 atom stereocenters. The summed E-state index contributed by atoms with van der Waals surface area (Å²) < 4.78 is 11.6. The first-order chi connectivity index (χ1) is 10.2. The van der Waals surface area contributed by atoms with E-state index in [1.54, 1.807) is 0 Å². The molecular formula is C18H27NO2. The summed E-state index contributed by atoms with van der Waals surface area (Å²) >= 11 is 0. The molecule has 1 N–H and O–H groups in total. The van der Waals surface area contributed by atoms with Crippen molar-refractivity contribution in [2.75, 3.05) is 19.8 Å². The molecule has 1 spiro atoms. The topological polar surface area (TPSA) is 30.5 Å². The minimum atomic E-state index is 0.0706. The fourth-order valence-corrected chi connectivity index (χ4v) is 3.57. The van der Waals surface area contributed by atoms with E-state index in [4.69, 9.17) is 9.47 Å². The number of aryl methyl sites for hydroxylation is 1. The lowest BCUT2D eigenvalue weighted by molar-refractivity contribution is -0.140. The molecule has 116 valence electrons. The third-order valence-corrected chi connectivity index (χ3v) is 4.96. The molecule has 0 aliphatic carbocycles. The lowest BCUT2D eigenvalue weighted by Gasteiger charge is -2.44. The number of hydrogen-bond acceptors (Lipinski definition) is 3. The van der Waals surface area contributed by atoms with Gasteiger partial charge in [0.25, 0.3) is 0 Å². The van der Waals surface area contributed by atoms with Gasteiger partial charge in [0.05, 0.1) is 5.60 Å². The lowest BCUT2D eigenvalue weighted by atomic mass is 9.83. The number of hydrogen-bond donors (Lipinski definition) is 1. The molecule has 2 aliphatic rings. The summed E-state index contributed by atoms with van der Waals surface area (Å²) in [5, 5.41) is 3.81. The minimum Gasteiger partial charge on any atom is -0.381 e. The van der Waals surface area contributed by atoms with E-state index in [9.17, 15) is 0 Å². The first kappa shape index (κ1) is 15.0. The van der Waals surface area contributed by atoms with Gasteiger partial charge in [0.2, 0.25) is 0 Å². The summed E-state index contributed by atoms with van der Waals surface area (Å²) in [7, 11) is 0. The normalized spacial score (nSPS) is 26.7. The summed E-state index contributed by atoms with van der Waals surface area (Å²) in [5.74, 6) is 0. The van der Waals surface area contributed by atoms with Gasteiger partial charge in [-0.2, -0.15) is 0 Å². The maximum Gasteiger partial charge on any atom is 0.0741 e. The Kier molecular flexibility index (Phi) is 4.63. The van der Waals surface area contributed by atoms with E-state index in [1.165, 1.54) is 11.1 Å². The molecule has 3 heteroatoms. The van der Waals surface area contributed by atoms with Crippen LogP contribution in [0.3, 0.4) is 0 Å². The van der Waals surface area contributed by atoms with Gasteiger partial charge in [-0.1, -0.05) is 29.8 Å². The van der Waals surface area contributed by atoms with Gasteiger partial charge in [-0.3, -0.25) is 0 Å². The first-order valence-corrected chi connectivity index (χ1v) is 8.21. The van der Waals surface area contributed by atoms with Crippen LogP contribution in [-0.2, 0) is 9.47 Å². The minimum absolute atomic E-state index is 0.0706. The van der Waals surface area contributed by atoms with Crippen LogP contribution in [0.5, 0.6) is 0 Å². The van der Waals surface area contributed by atoms with Gasteiger partial charge >= 0.3 is 0 Å². The molecule has 2 aliphatic heterocycles. The first-order valence-electron chi connectivity index (χ1n) is 8.21. The van der Waals surface area contributed by atoms with Gasteiger partial charge in [-0.25, -0.2) is 0 Å². The number of rotatable bonds is 3. The Hall–Kier alpha value is -0.900. The number of ether oxygens (including phenoxy) is 2. The average molecular weight is 289 g/mol. The van der Waals surface area contributed by atoms with Gasteiger partial charge in [0.1, 0.15) is 0 Å². The zero-order valence-corrected chi connectivity index (χ0v) is 13.2. The highest BCUT2D eigenvalue weighted by atomic mass is 16.5. The van der Waals surface area contributed by atoms with Crippen LogP contribution < -0.4 is 5.32 Å². The molecule has 2 heterocycles. The van der Waals surface area contributed by atoms with Crippen LogP contribution in [-0.4, -0.2) is 31.5 Å². The molecule has 2 saturated heterocycles. The van der Waals surface area contributed by atoms with Crippen molar-refractivity contribution in [3.8, 4) is 0 Å². The molecule has 1 unspecified atom stereocenters. The van der Waals surface area contributed by atoms with E-state index < -0.39 is 0 Å². The summed E-state index contributed by atoms with van der Waals surface area (Å²) in [6.45, 7) is 6.96. The SMILES string of the molecule is Cc1ccc([C@@H](C)NC2CCOC3(CCOCC3)C2)cc1. The van der Waals surface area contributed by atoms with E-state index in [-0.39, 0.29) is 5.60 Å². The van der Waals surface area contributed by atoms with Crippen LogP contribution in [0.1, 0.15) is 49.8 Å². The van der Waals surface area contributed by atoms with Gasteiger partial charge in [0.15, 0.2) is 0 Å². The van der Waals surface area contributed by atoms with Crippen molar-refractivity contribution in [3.63, 3.8) is 0 Å². The molecular weight excluding hydrogens is 262 g/mol. The molecule has 21 heavy (non-hydrogen) atoms. The largest absolute Gasteiger partial charge is 0.381 e. The molecule has 0 aromatic heterocycles. The predicted octanol–water partition coefficient (Wildman–Crippen LogP) is 3.37. The van der Waals surface area contributed by atoms with E-state index in [0.717, 1.165) is 45.5 Å². The Morgan fingerprint density at radius 2 is 1.86 bits per heavy atom. The summed E-state index contributed by atoms with van der Waals surface area (Å²) in [6, 6.07) is 9.79. The third-order valence-electron chi connectivity index (χ3n) is 4.96. The highest BCUT2D eigenvalue weighted by molar-refractivity contribution is 5.23.